The summed E-state index contributed by atoms with van der Waals surface area (Å²) in [5.41, 5.74) is 2.71. The molecule has 6 nitrogen and oxygen atoms in total. The fraction of sp³-hybridized carbons (Fsp3) is 0.250. The highest BCUT2D eigenvalue weighted by molar-refractivity contribution is 7.73. The fourth-order valence-corrected chi connectivity index (χ4v) is 4.57. The predicted octanol–water partition coefficient (Wildman–Crippen LogP) is 2.70. The third kappa shape index (κ3) is 4.21. The van der Waals surface area contributed by atoms with E-state index in [0.29, 0.717) is 34.4 Å². The molecule has 1 aliphatic rings. The van der Waals surface area contributed by atoms with Crippen molar-refractivity contribution in [2.75, 3.05) is 12.4 Å². The van der Waals surface area contributed by atoms with Crippen LogP contribution >= 0.6 is 23.6 Å². The molecule has 3 aromatic rings. The molecule has 4 rings (SSSR count). The van der Waals surface area contributed by atoms with Crippen LogP contribution < -0.4 is 10.2 Å². The number of carbonyl (C=O) groups is 1. The summed E-state index contributed by atoms with van der Waals surface area (Å²) in [7, 11) is 1.41. The van der Waals surface area contributed by atoms with E-state index >= 15 is 0 Å². The number of halogens is 1. The summed E-state index contributed by atoms with van der Waals surface area (Å²) in [6, 6.07) is 14.2. The van der Waals surface area contributed by atoms with Crippen LogP contribution in [0.15, 0.2) is 48.5 Å². The SMILES string of the molecule is COC(=O)[C@H]1Cc2ccccc2C[NH+]1Cn1nc(Nc2ccccc2F)sc1=S. The van der Waals surface area contributed by atoms with E-state index in [-0.39, 0.29) is 17.8 Å². The number of fused-ring (bicyclic) bond motifs is 1. The molecule has 1 aliphatic heterocycles. The predicted molar refractivity (Wildman–Crippen MR) is 111 cm³/mol. The number of hydrogen-bond acceptors (Lipinski definition) is 6. The lowest BCUT2D eigenvalue weighted by Gasteiger charge is -2.31. The van der Waals surface area contributed by atoms with Crippen LogP contribution in [0.4, 0.5) is 15.2 Å². The molecule has 2 heterocycles. The van der Waals surface area contributed by atoms with E-state index in [4.69, 9.17) is 17.0 Å². The summed E-state index contributed by atoms with van der Waals surface area (Å²) in [5.74, 6) is -0.606. The third-order valence-corrected chi connectivity index (χ3v) is 6.24. The van der Waals surface area contributed by atoms with Crippen LogP contribution in [0.25, 0.3) is 0 Å². The number of carbonyl (C=O) groups excluding carboxylic acids is 1. The average Bonchev–Trinajstić information content (AvgIpc) is 3.07. The second-order valence-corrected chi connectivity index (χ2v) is 8.44. The van der Waals surface area contributed by atoms with Crippen molar-refractivity contribution in [2.45, 2.75) is 25.7 Å². The Balaban J connectivity index is 1.57. The number of aromatic nitrogens is 2. The van der Waals surface area contributed by atoms with E-state index in [2.05, 4.69) is 16.5 Å². The van der Waals surface area contributed by atoms with E-state index in [9.17, 15) is 9.18 Å². The molecule has 0 bridgehead atoms. The molecule has 2 N–H and O–H groups in total. The first kappa shape index (κ1) is 19.7. The smallest absolute Gasteiger partial charge is 0.365 e. The number of rotatable bonds is 5. The molecular formula is C20H20FN4O2S2+. The summed E-state index contributed by atoms with van der Waals surface area (Å²) in [4.78, 5) is 13.4. The molecule has 2 aromatic carbocycles. The number of nitrogens with zero attached hydrogens (tertiary/aromatic N) is 2. The molecule has 0 saturated carbocycles. The molecule has 1 unspecified atom stereocenters. The summed E-state index contributed by atoms with van der Waals surface area (Å²) in [5, 5.41) is 7.98. The molecule has 0 saturated heterocycles. The van der Waals surface area contributed by atoms with E-state index in [0.717, 1.165) is 10.5 Å². The zero-order valence-electron chi connectivity index (χ0n) is 15.7. The molecule has 0 amide bonds. The highest BCUT2D eigenvalue weighted by Crippen LogP contribution is 2.22. The molecule has 2 atom stereocenters. The summed E-state index contributed by atoms with van der Waals surface area (Å²) in [6.07, 6.45) is 0.607. The second-order valence-electron chi connectivity index (χ2n) is 6.82. The first-order valence-corrected chi connectivity index (χ1v) is 10.4. The number of benzene rings is 2. The Morgan fingerprint density at radius 3 is 2.79 bits per heavy atom. The van der Waals surface area contributed by atoms with Crippen molar-refractivity contribution >= 4 is 40.3 Å². The lowest BCUT2D eigenvalue weighted by atomic mass is 9.94. The number of esters is 1. The number of para-hydroxylation sites is 1. The molecule has 1 aromatic heterocycles. The maximum atomic E-state index is 13.9. The highest BCUT2D eigenvalue weighted by Gasteiger charge is 2.36. The van der Waals surface area contributed by atoms with Gasteiger partial charge >= 0.3 is 5.97 Å². The molecular weight excluding hydrogens is 411 g/mol. The Hall–Kier alpha value is -2.62. The number of anilines is 2. The van der Waals surface area contributed by atoms with E-state index in [1.165, 1.54) is 30.1 Å². The van der Waals surface area contributed by atoms with Crippen LogP contribution in [0.3, 0.4) is 0 Å². The number of quaternary nitrogens is 1. The minimum Gasteiger partial charge on any atom is -0.465 e. The molecule has 0 radical (unpaired) electrons. The Labute approximate surface area is 176 Å². The van der Waals surface area contributed by atoms with E-state index in [1.807, 2.05) is 18.2 Å². The van der Waals surface area contributed by atoms with Gasteiger partial charge in [0.05, 0.1) is 12.8 Å². The lowest BCUT2D eigenvalue weighted by molar-refractivity contribution is -0.955. The Morgan fingerprint density at radius 2 is 2.03 bits per heavy atom. The number of methoxy groups -OCH3 is 1. The fourth-order valence-electron chi connectivity index (χ4n) is 3.55. The van der Waals surface area contributed by atoms with Crippen LogP contribution in [0.2, 0.25) is 0 Å². The van der Waals surface area contributed by atoms with Gasteiger partial charge in [-0.25, -0.2) is 9.18 Å². The first-order valence-electron chi connectivity index (χ1n) is 9.14. The topological polar surface area (TPSA) is 60.6 Å². The molecule has 0 spiro atoms. The molecule has 150 valence electrons. The summed E-state index contributed by atoms with van der Waals surface area (Å²) >= 11 is 6.72. The summed E-state index contributed by atoms with van der Waals surface area (Å²) in [6.45, 7) is 1.09. The maximum Gasteiger partial charge on any atom is 0.365 e. The Bertz CT molecular complexity index is 1100. The quantitative estimate of drug-likeness (QED) is 0.481. The molecule has 0 aliphatic carbocycles. The van der Waals surface area contributed by atoms with Gasteiger partial charge in [-0.2, -0.15) is 4.68 Å². The van der Waals surface area contributed by atoms with Crippen molar-refractivity contribution in [3.05, 3.63) is 69.4 Å². The van der Waals surface area contributed by atoms with Gasteiger partial charge in [0, 0.05) is 12.0 Å². The zero-order valence-corrected chi connectivity index (χ0v) is 17.4. The minimum atomic E-state index is -0.357. The van der Waals surface area contributed by atoms with E-state index < -0.39 is 0 Å². The molecule has 29 heavy (non-hydrogen) atoms. The third-order valence-electron chi connectivity index (χ3n) is 5.01. The summed E-state index contributed by atoms with van der Waals surface area (Å²) < 4.78 is 21.2. The normalized spacial score (nSPS) is 18.1. The minimum absolute atomic E-state index is 0.249. The molecule has 0 fully saturated rings. The van der Waals surface area contributed by atoms with Gasteiger partial charge in [0.2, 0.25) is 5.13 Å². The van der Waals surface area contributed by atoms with Crippen LogP contribution in [0.1, 0.15) is 11.1 Å². The highest BCUT2D eigenvalue weighted by atomic mass is 32.1. The number of nitrogens with one attached hydrogen (secondary N) is 2. The van der Waals surface area contributed by atoms with Crippen LogP contribution in [0, 0.1) is 9.77 Å². The second kappa shape index (κ2) is 8.40. The Morgan fingerprint density at radius 1 is 1.31 bits per heavy atom. The first-order chi connectivity index (χ1) is 14.0. The van der Waals surface area contributed by atoms with Crippen molar-refractivity contribution in [1.29, 1.82) is 0 Å². The average molecular weight is 432 g/mol. The van der Waals surface area contributed by atoms with Gasteiger partial charge in [0.25, 0.3) is 0 Å². The standard InChI is InChI=1S/C20H19FN4O2S2/c1-27-18(26)17-10-13-6-2-3-7-14(13)11-24(17)12-25-20(28)29-19(23-25)22-16-9-5-4-8-15(16)21/h2-9,17H,10-12H2,1H3,(H,22,23)/p+1/t17-/m1/s1. The van der Waals surface area contributed by atoms with Crippen LogP contribution in [0.5, 0.6) is 0 Å². The van der Waals surface area contributed by atoms with Gasteiger partial charge in [-0.1, -0.05) is 47.7 Å². The van der Waals surface area contributed by atoms with Gasteiger partial charge in [-0.3, -0.25) is 0 Å². The van der Waals surface area contributed by atoms with Gasteiger partial charge in [-0.05, 0) is 29.9 Å². The largest absolute Gasteiger partial charge is 0.465 e. The monoisotopic (exact) mass is 431 g/mol. The van der Waals surface area contributed by atoms with Gasteiger partial charge in [-0.15, -0.1) is 5.10 Å². The van der Waals surface area contributed by atoms with Crippen molar-refractivity contribution in [3.63, 3.8) is 0 Å². The van der Waals surface area contributed by atoms with Crippen LogP contribution in [-0.4, -0.2) is 28.9 Å². The number of ether oxygens (including phenoxy) is 1. The van der Waals surface area contributed by atoms with Crippen molar-refractivity contribution in [1.82, 2.24) is 9.78 Å². The van der Waals surface area contributed by atoms with Gasteiger partial charge in [0.15, 0.2) is 16.7 Å². The van der Waals surface area contributed by atoms with Gasteiger partial charge < -0.3 is 15.0 Å². The van der Waals surface area contributed by atoms with E-state index in [1.54, 1.807) is 22.9 Å². The zero-order chi connectivity index (χ0) is 20.4. The molecule has 9 heteroatoms. The van der Waals surface area contributed by atoms with Crippen molar-refractivity contribution < 1.29 is 18.8 Å². The van der Waals surface area contributed by atoms with Crippen molar-refractivity contribution in [2.24, 2.45) is 0 Å². The lowest BCUT2D eigenvalue weighted by Crippen LogP contribution is -3.16. The van der Waals surface area contributed by atoms with Crippen LogP contribution in [-0.2, 0) is 29.2 Å². The Kier molecular flexibility index (Phi) is 5.70. The van der Waals surface area contributed by atoms with Gasteiger partial charge in [0.1, 0.15) is 12.4 Å². The number of hydrogen-bond donors (Lipinski definition) is 2. The van der Waals surface area contributed by atoms with Crippen molar-refractivity contribution in [3.8, 4) is 0 Å². The maximum absolute atomic E-state index is 13.9.